The number of carbonyl (C=O) groups excluding carboxylic acids is 3. The number of ether oxygens (including phenoxy) is 1. The number of nitrogens with two attached hydrogens (primary N) is 1. The molecule has 2 saturated heterocycles. The number of hydrogen-bond acceptors (Lipinski definition) is 7. The molecule has 2 bridgehead atoms. The van der Waals surface area contributed by atoms with Gasteiger partial charge in [0, 0.05) is 6.42 Å². The lowest BCUT2D eigenvalue weighted by atomic mass is 9.99. The molecule has 2 heterocycles. The molecule has 126 valence electrons. The average Bonchev–Trinajstić information content (AvgIpc) is 2.80. The number of urea groups is 1. The Balaban J connectivity index is 2.23. The van der Waals surface area contributed by atoms with E-state index in [1.165, 1.54) is 18.1 Å². The van der Waals surface area contributed by atoms with Crippen molar-refractivity contribution in [3.05, 3.63) is 12.7 Å². The number of rotatable bonds is 7. The Labute approximate surface area is 132 Å². The third kappa shape index (κ3) is 3.42. The van der Waals surface area contributed by atoms with Crippen LogP contribution in [0.3, 0.4) is 0 Å². The second kappa shape index (κ2) is 7.09. The zero-order valence-electron chi connectivity index (χ0n) is 12.6. The summed E-state index contributed by atoms with van der Waals surface area (Å²) in [6.07, 6.45) is 1.61. The summed E-state index contributed by atoms with van der Waals surface area (Å²) in [5.74, 6) is -1.25. The van der Waals surface area contributed by atoms with Crippen molar-refractivity contribution in [2.45, 2.75) is 18.5 Å². The smallest absolute Gasteiger partial charge is 0.345 e. The summed E-state index contributed by atoms with van der Waals surface area (Å²) in [5.41, 5.74) is 5.38. The van der Waals surface area contributed by atoms with Gasteiger partial charge in [0.05, 0.1) is 26.0 Å². The Morgan fingerprint density at radius 1 is 1.52 bits per heavy atom. The van der Waals surface area contributed by atoms with Crippen LogP contribution in [0.5, 0.6) is 0 Å². The van der Waals surface area contributed by atoms with E-state index in [9.17, 15) is 14.4 Å². The molecule has 10 nitrogen and oxygen atoms in total. The number of nitrogens with zero attached hydrogens (tertiary/aromatic N) is 3. The molecule has 0 spiro atoms. The number of hydroxylamine groups is 2. The van der Waals surface area contributed by atoms with Crippen LogP contribution in [-0.4, -0.2) is 72.5 Å². The van der Waals surface area contributed by atoms with E-state index >= 15 is 0 Å². The van der Waals surface area contributed by atoms with E-state index in [-0.39, 0.29) is 19.6 Å². The number of methoxy groups -OCH3 is 1. The molecular formula is C13H18N4O6. The third-order valence-corrected chi connectivity index (χ3v) is 3.44. The number of primary amides is 1. The van der Waals surface area contributed by atoms with Gasteiger partial charge in [0.15, 0.2) is 6.61 Å². The Morgan fingerprint density at radius 2 is 2.26 bits per heavy atom. The second-order valence-corrected chi connectivity index (χ2v) is 4.93. The van der Waals surface area contributed by atoms with Crippen LogP contribution >= 0.6 is 0 Å². The summed E-state index contributed by atoms with van der Waals surface area (Å²) in [6.45, 7) is 3.44. The molecule has 0 aromatic heterocycles. The molecule has 2 rings (SSSR count). The van der Waals surface area contributed by atoms with Gasteiger partial charge in [0.2, 0.25) is 0 Å². The van der Waals surface area contributed by atoms with Crippen LogP contribution in [0.4, 0.5) is 4.79 Å². The van der Waals surface area contributed by atoms with Gasteiger partial charge in [-0.05, 0) is 0 Å². The Morgan fingerprint density at radius 3 is 2.87 bits per heavy atom. The van der Waals surface area contributed by atoms with Crippen LogP contribution in [-0.2, 0) is 24.0 Å². The highest BCUT2D eigenvalue weighted by atomic mass is 16.7. The van der Waals surface area contributed by atoms with Gasteiger partial charge in [0.1, 0.15) is 12.1 Å². The molecule has 0 saturated carbocycles. The van der Waals surface area contributed by atoms with E-state index in [0.717, 1.165) is 5.06 Å². The van der Waals surface area contributed by atoms with Crippen LogP contribution in [0.25, 0.3) is 0 Å². The molecule has 3 amide bonds. The van der Waals surface area contributed by atoms with E-state index < -0.39 is 36.6 Å². The number of esters is 1. The summed E-state index contributed by atoms with van der Waals surface area (Å²) in [6, 6.07) is -1.81. The first-order chi connectivity index (χ1) is 11.0. The maximum absolute atomic E-state index is 12.4. The monoisotopic (exact) mass is 326 g/mol. The molecule has 2 aliphatic rings. The van der Waals surface area contributed by atoms with Crippen molar-refractivity contribution >= 4 is 23.6 Å². The summed E-state index contributed by atoms with van der Waals surface area (Å²) >= 11 is 0. The molecular weight excluding hydrogens is 308 g/mol. The highest BCUT2D eigenvalue weighted by Gasteiger charge is 2.51. The van der Waals surface area contributed by atoms with E-state index in [0.29, 0.717) is 5.71 Å². The van der Waals surface area contributed by atoms with Crippen molar-refractivity contribution < 1.29 is 28.8 Å². The molecule has 0 radical (unpaired) electrons. The van der Waals surface area contributed by atoms with Crippen molar-refractivity contribution in [3.63, 3.8) is 0 Å². The second-order valence-electron chi connectivity index (χ2n) is 4.93. The number of hydrogen-bond donors (Lipinski definition) is 1. The molecule has 23 heavy (non-hydrogen) atoms. The lowest BCUT2D eigenvalue weighted by molar-refractivity contribution is -0.145. The predicted octanol–water partition coefficient (Wildman–Crippen LogP) is -0.987. The minimum Gasteiger partial charge on any atom is -0.467 e. The molecule has 2 aliphatic heterocycles. The van der Waals surface area contributed by atoms with E-state index in [1.807, 2.05) is 0 Å². The van der Waals surface area contributed by atoms with Gasteiger partial charge in [-0.1, -0.05) is 11.2 Å². The largest absolute Gasteiger partial charge is 0.467 e. The van der Waals surface area contributed by atoms with Crippen molar-refractivity contribution in [1.29, 1.82) is 0 Å². The zero-order chi connectivity index (χ0) is 17.0. The minimum absolute atomic E-state index is 0.119. The first-order valence-corrected chi connectivity index (χ1v) is 6.88. The first-order valence-electron chi connectivity index (χ1n) is 6.88. The van der Waals surface area contributed by atoms with Gasteiger partial charge in [-0.15, -0.1) is 6.58 Å². The summed E-state index contributed by atoms with van der Waals surface area (Å²) in [5, 5.41) is 4.97. The fourth-order valence-electron chi connectivity index (χ4n) is 2.45. The number of fused-ring (bicyclic) bond motifs is 2. The van der Waals surface area contributed by atoms with Gasteiger partial charge in [-0.2, -0.15) is 5.06 Å². The summed E-state index contributed by atoms with van der Waals surface area (Å²) in [4.78, 5) is 46.5. The SMILES string of the molecule is C=CCON1C(=O)N2C[C@H]1/C(=N\OCC(N)=O)C[C@H]2C(=O)OC. The number of piperidine rings is 1. The van der Waals surface area contributed by atoms with Gasteiger partial charge in [-0.3, -0.25) is 9.63 Å². The Hall–Kier alpha value is -2.62. The maximum atomic E-state index is 12.4. The lowest BCUT2D eigenvalue weighted by Gasteiger charge is -2.28. The molecule has 2 fully saturated rings. The minimum atomic E-state index is -0.822. The van der Waals surface area contributed by atoms with Crippen LogP contribution < -0.4 is 5.73 Å². The average molecular weight is 326 g/mol. The predicted molar refractivity (Wildman–Crippen MR) is 76.9 cm³/mol. The number of amides is 3. The maximum Gasteiger partial charge on any atom is 0.345 e. The fourth-order valence-corrected chi connectivity index (χ4v) is 2.45. The van der Waals surface area contributed by atoms with Crippen LogP contribution in [0.2, 0.25) is 0 Å². The first kappa shape index (κ1) is 16.7. The van der Waals surface area contributed by atoms with Gasteiger partial charge >= 0.3 is 12.0 Å². The van der Waals surface area contributed by atoms with E-state index in [2.05, 4.69) is 11.7 Å². The summed E-state index contributed by atoms with van der Waals surface area (Å²) in [7, 11) is 1.24. The Bertz CT molecular complexity index is 549. The third-order valence-electron chi connectivity index (χ3n) is 3.44. The number of oxime groups is 1. The van der Waals surface area contributed by atoms with Crippen LogP contribution in [0.1, 0.15) is 6.42 Å². The molecule has 0 aromatic rings. The normalized spacial score (nSPS) is 24.7. The van der Waals surface area contributed by atoms with Crippen molar-refractivity contribution in [1.82, 2.24) is 9.96 Å². The van der Waals surface area contributed by atoms with Crippen molar-refractivity contribution in [2.24, 2.45) is 10.9 Å². The zero-order valence-corrected chi connectivity index (χ0v) is 12.6. The topological polar surface area (TPSA) is 124 Å². The Kier molecular flexibility index (Phi) is 5.16. The van der Waals surface area contributed by atoms with Gasteiger partial charge in [-0.25, -0.2) is 9.59 Å². The van der Waals surface area contributed by atoms with E-state index in [4.69, 9.17) is 20.1 Å². The van der Waals surface area contributed by atoms with Gasteiger partial charge < -0.3 is 20.2 Å². The molecule has 2 N–H and O–H groups in total. The van der Waals surface area contributed by atoms with Crippen LogP contribution in [0, 0.1) is 0 Å². The molecule has 0 aromatic carbocycles. The van der Waals surface area contributed by atoms with Crippen molar-refractivity contribution in [2.75, 3.05) is 26.9 Å². The van der Waals surface area contributed by atoms with Crippen molar-refractivity contribution in [3.8, 4) is 0 Å². The molecule has 0 unspecified atom stereocenters. The van der Waals surface area contributed by atoms with Crippen LogP contribution in [0.15, 0.2) is 17.8 Å². The standard InChI is InChI=1S/C13H18N4O6/c1-3-4-23-17-10-6-16(13(17)20)9(12(19)21-2)5-8(10)15-22-7-11(14)18/h3,9-10H,1,4-7H2,2H3,(H2,14,18)/b15-8-/t9-,10-/m0/s1. The van der Waals surface area contributed by atoms with Gasteiger partial charge in [0.25, 0.3) is 5.91 Å². The number of carbonyl (C=O) groups is 3. The molecule has 0 aliphatic carbocycles. The molecule has 10 heteroatoms. The van der Waals surface area contributed by atoms with E-state index in [1.54, 1.807) is 0 Å². The summed E-state index contributed by atoms with van der Waals surface area (Å²) < 4.78 is 4.72. The quantitative estimate of drug-likeness (QED) is 0.364. The molecule has 2 atom stereocenters. The highest BCUT2D eigenvalue weighted by molar-refractivity contribution is 6.01. The fraction of sp³-hybridized carbons (Fsp3) is 0.538. The lowest BCUT2D eigenvalue weighted by Crippen LogP contribution is -2.49. The highest BCUT2D eigenvalue weighted by Crippen LogP contribution is 2.29.